The van der Waals surface area contributed by atoms with Gasteiger partial charge < -0.3 is 10.2 Å². The molecule has 1 aliphatic carbocycles. The Hall–Kier alpha value is -3.52. The summed E-state index contributed by atoms with van der Waals surface area (Å²) in [6.07, 6.45) is -3.48. The van der Waals surface area contributed by atoms with Gasteiger partial charge in [-0.1, -0.05) is 13.8 Å². The lowest BCUT2D eigenvalue weighted by molar-refractivity contribution is -0.144. The number of aromatic nitrogens is 2. The van der Waals surface area contributed by atoms with Gasteiger partial charge in [-0.2, -0.15) is 13.2 Å². The first-order chi connectivity index (χ1) is 19.6. The summed E-state index contributed by atoms with van der Waals surface area (Å²) in [7, 11) is 1.35. The van der Waals surface area contributed by atoms with E-state index >= 15 is 0 Å². The van der Waals surface area contributed by atoms with Gasteiger partial charge in [0.15, 0.2) is 0 Å². The molecule has 0 bridgehead atoms. The van der Waals surface area contributed by atoms with E-state index in [-0.39, 0.29) is 64.5 Å². The van der Waals surface area contributed by atoms with E-state index in [1.54, 1.807) is 6.07 Å². The number of hydrogen-bond donors (Lipinski definition) is 1. The number of fused-ring (bicyclic) bond motifs is 2. The quantitative estimate of drug-likeness (QED) is 0.339. The fraction of sp³-hybridized carbons (Fsp3) is 0.464. The smallest absolute Gasteiger partial charge is 0.331 e. The Balaban J connectivity index is 1.42. The van der Waals surface area contributed by atoms with Crippen molar-refractivity contribution in [2.45, 2.75) is 45.5 Å². The number of halogens is 5. The largest absolute Gasteiger partial charge is 0.433 e. The van der Waals surface area contributed by atoms with Gasteiger partial charge in [0.05, 0.1) is 52.4 Å². The Morgan fingerprint density at radius 3 is 2.43 bits per heavy atom. The van der Waals surface area contributed by atoms with E-state index in [1.807, 2.05) is 13.8 Å². The van der Waals surface area contributed by atoms with Gasteiger partial charge >= 0.3 is 6.18 Å². The van der Waals surface area contributed by atoms with Crippen molar-refractivity contribution in [2.75, 3.05) is 20.1 Å². The molecule has 8 nitrogen and oxygen atoms in total. The third-order valence-corrected chi connectivity index (χ3v) is 9.74. The normalized spacial score (nSPS) is 24.5. The van der Waals surface area contributed by atoms with Crippen molar-refractivity contribution in [3.8, 4) is 11.3 Å². The maximum Gasteiger partial charge on any atom is 0.433 e. The first-order valence-electron chi connectivity index (χ1n) is 13.2. The second kappa shape index (κ2) is 9.24. The lowest BCUT2D eigenvalue weighted by Gasteiger charge is -2.21. The Bertz CT molecular complexity index is 1650. The molecule has 3 aliphatic rings. The van der Waals surface area contributed by atoms with Crippen molar-refractivity contribution in [1.29, 1.82) is 0 Å². The number of imide groups is 1. The number of carbonyl (C=O) groups is 3. The van der Waals surface area contributed by atoms with E-state index < -0.39 is 36.3 Å². The van der Waals surface area contributed by atoms with Crippen LogP contribution in [-0.2, 0) is 22.3 Å². The van der Waals surface area contributed by atoms with Gasteiger partial charge in [0.1, 0.15) is 5.69 Å². The van der Waals surface area contributed by atoms with Gasteiger partial charge in [-0.15, -0.1) is 11.3 Å². The molecule has 3 atom stereocenters. The van der Waals surface area contributed by atoms with Crippen LogP contribution in [0.15, 0.2) is 24.4 Å². The van der Waals surface area contributed by atoms with Crippen molar-refractivity contribution < 1.29 is 36.3 Å². The fourth-order valence-electron chi connectivity index (χ4n) is 6.25. The van der Waals surface area contributed by atoms with E-state index in [9.17, 15) is 36.3 Å². The number of amides is 3. The molecule has 0 spiro atoms. The maximum absolute atomic E-state index is 14.5. The van der Waals surface area contributed by atoms with Crippen LogP contribution >= 0.6 is 11.3 Å². The maximum atomic E-state index is 14.5. The van der Waals surface area contributed by atoms with E-state index in [4.69, 9.17) is 0 Å². The zero-order valence-corrected chi connectivity index (χ0v) is 23.8. The number of rotatable bonds is 5. The van der Waals surface area contributed by atoms with Gasteiger partial charge in [0.2, 0.25) is 11.8 Å². The Morgan fingerprint density at radius 1 is 1.17 bits per heavy atom. The number of likely N-dealkylation sites (tertiary alicyclic amines) is 2. The van der Waals surface area contributed by atoms with Crippen LogP contribution in [0.25, 0.3) is 21.5 Å². The molecule has 3 amide bonds. The summed E-state index contributed by atoms with van der Waals surface area (Å²) < 4.78 is 71.0. The number of thiophene rings is 1. The van der Waals surface area contributed by atoms with Crippen molar-refractivity contribution in [3.63, 3.8) is 0 Å². The van der Waals surface area contributed by atoms with Crippen molar-refractivity contribution in [1.82, 2.24) is 25.1 Å². The highest BCUT2D eigenvalue weighted by Crippen LogP contribution is 2.63. The SMILES string of the molecule is CN[C@H]1CN(C(=O)c2c(C)cc(C(F)(F)F)nc2-c2ccnc3cc(CN4C(=O)C5C(C4=O)C5(C)C)sc23)CC1(F)F. The molecular formula is C28H26F5N5O3S. The molecule has 3 fully saturated rings. The van der Waals surface area contributed by atoms with Crippen LogP contribution < -0.4 is 5.32 Å². The Labute approximate surface area is 240 Å². The number of piperidine rings is 1. The number of pyridine rings is 2. The molecule has 0 aromatic carbocycles. The summed E-state index contributed by atoms with van der Waals surface area (Å²) in [5.41, 5.74) is -1.66. The highest BCUT2D eigenvalue weighted by Gasteiger charge is 2.72. The van der Waals surface area contributed by atoms with Crippen molar-refractivity contribution in [3.05, 3.63) is 46.1 Å². The summed E-state index contributed by atoms with van der Waals surface area (Å²) in [5, 5.41) is 2.49. The zero-order valence-electron chi connectivity index (χ0n) is 23.0. The molecular weight excluding hydrogens is 581 g/mol. The first-order valence-corrected chi connectivity index (χ1v) is 14.0. The number of nitrogens with one attached hydrogen (secondary N) is 1. The van der Waals surface area contributed by atoms with E-state index in [2.05, 4.69) is 15.3 Å². The fourth-order valence-corrected chi connectivity index (χ4v) is 7.37. The monoisotopic (exact) mass is 607 g/mol. The van der Waals surface area contributed by atoms with Crippen LogP contribution in [0.2, 0.25) is 0 Å². The highest BCUT2D eigenvalue weighted by atomic mass is 32.1. The number of likely N-dealkylation sites (N-methyl/N-ethyl adjacent to an activating group) is 1. The van der Waals surface area contributed by atoms with E-state index in [0.29, 0.717) is 15.1 Å². The predicted octanol–water partition coefficient (Wildman–Crippen LogP) is 4.51. The second-order valence-electron chi connectivity index (χ2n) is 11.7. The predicted molar refractivity (Wildman–Crippen MR) is 143 cm³/mol. The van der Waals surface area contributed by atoms with E-state index in [1.165, 1.54) is 31.1 Å². The summed E-state index contributed by atoms with van der Waals surface area (Å²) in [6, 6.07) is 2.48. The van der Waals surface area contributed by atoms with E-state index in [0.717, 1.165) is 22.3 Å². The van der Waals surface area contributed by atoms with Crippen LogP contribution in [-0.4, -0.2) is 69.6 Å². The van der Waals surface area contributed by atoms with Gasteiger partial charge in [0, 0.05) is 23.2 Å². The third-order valence-electron chi connectivity index (χ3n) is 8.59. The zero-order chi connectivity index (χ0) is 30.5. The van der Waals surface area contributed by atoms with Crippen LogP contribution in [0.4, 0.5) is 22.0 Å². The number of alkyl halides is 5. The standard InChI is InChI=1S/C28H26F5N5O3S/c1-12-7-16(28(31,32)33)36-21(18(12)23(39)37-10-17(34-4)27(29,30)11-37)14-5-6-35-15-8-13(42-22(14)15)9-38-24(40)19-20(25(38)41)26(19,2)3/h5-8,17,19-20,34H,9-11H2,1-4H3/t17-,19?,20?/m0/s1. The molecule has 0 radical (unpaired) electrons. The Kier molecular flexibility index (Phi) is 6.29. The van der Waals surface area contributed by atoms with Crippen LogP contribution in [0.5, 0.6) is 0 Å². The number of carbonyl (C=O) groups excluding carboxylic acids is 3. The third kappa shape index (κ3) is 4.29. The minimum Gasteiger partial charge on any atom is -0.331 e. The van der Waals surface area contributed by atoms with Gasteiger partial charge in [-0.25, -0.2) is 13.8 Å². The molecule has 3 aromatic rings. The Morgan fingerprint density at radius 2 is 1.83 bits per heavy atom. The molecule has 6 rings (SSSR count). The summed E-state index contributed by atoms with van der Waals surface area (Å²) in [6.45, 7) is 3.80. The molecule has 14 heteroatoms. The first kappa shape index (κ1) is 28.6. The van der Waals surface area contributed by atoms with Gasteiger partial charge in [0.25, 0.3) is 11.8 Å². The topological polar surface area (TPSA) is 95.5 Å². The van der Waals surface area contributed by atoms with Crippen molar-refractivity contribution in [2.24, 2.45) is 17.3 Å². The van der Waals surface area contributed by atoms with Crippen molar-refractivity contribution >= 4 is 39.3 Å². The summed E-state index contributed by atoms with van der Waals surface area (Å²) >= 11 is 1.12. The average Bonchev–Trinajstić information content (AvgIpc) is 3.19. The van der Waals surface area contributed by atoms with Crippen LogP contribution in [0.1, 0.15) is 40.3 Å². The molecule has 2 aliphatic heterocycles. The second-order valence-corrected chi connectivity index (χ2v) is 12.8. The summed E-state index contributed by atoms with van der Waals surface area (Å²) in [4.78, 5) is 50.2. The lowest BCUT2D eigenvalue weighted by Crippen LogP contribution is -2.41. The average molecular weight is 608 g/mol. The number of aryl methyl sites for hydroxylation is 1. The molecule has 1 saturated carbocycles. The lowest BCUT2D eigenvalue weighted by atomic mass is 9.99. The molecule has 222 valence electrons. The van der Waals surface area contributed by atoms with Crippen LogP contribution in [0, 0.1) is 24.2 Å². The van der Waals surface area contributed by atoms with Gasteiger partial charge in [-0.05, 0) is 43.1 Å². The molecule has 2 unspecified atom stereocenters. The molecule has 2 saturated heterocycles. The number of hydrogen-bond acceptors (Lipinski definition) is 7. The minimum atomic E-state index is -4.84. The molecule has 1 N–H and O–H groups in total. The van der Waals surface area contributed by atoms with Gasteiger partial charge in [-0.3, -0.25) is 24.3 Å². The highest BCUT2D eigenvalue weighted by molar-refractivity contribution is 7.19. The molecule has 42 heavy (non-hydrogen) atoms. The van der Waals surface area contributed by atoms with Crippen LogP contribution in [0.3, 0.4) is 0 Å². The molecule has 5 heterocycles. The molecule has 3 aromatic heterocycles. The summed E-state index contributed by atoms with van der Waals surface area (Å²) in [5.74, 6) is -5.33. The minimum absolute atomic E-state index is 0.0175. The number of nitrogens with zero attached hydrogens (tertiary/aromatic N) is 4.